The molecule has 1 aromatic carbocycles. The van der Waals surface area contributed by atoms with Crippen molar-refractivity contribution < 1.29 is 10.0 Å². The average molecular weight is 284 g/mol. The summed E-state index contributed by atoms with van der Waals surface area (Å²) in [5.41, 5.74) is 8.20. The molecule has 0 fully saturated rings. The van der Waals surface area contributed by atoms with Crippen molar-refractivity contribution in [2.45, 2.75) is 13.3 Å². The van der Waals surface area contributed by atoms with Crippen LogP contribution in [0.4, 0.5) is 5.69 Å². The van der Waals surface area contributed by atoms with Gasteiger partial charge in [-0.25, -0.2) is 0 Å². The molecule has 0 radical (unpaired) electrons. The van der Waals surface area contributed by atoms with Crippen LogP contribution in [-0.4, -0.2) is 21.9 Å². The van der Waals surface area contributed by atoms with Gasteiger partial charge in [0.25, 0.3) is 5.91 Å². The summed E-state index contributed by atoms with van der Waals surface area (Å²) in [5.74, 6) is -0.117. The van der Waals surface area contributed by atoms with Crippen LogP contribution in [0.2, 0.25) is 0 Å². The molecule has 2 rings (SSSR count). The summed E-state index contributed by atoms with van der Waals surface area (Å²) in [6, 6.07) is 10.8. The van der Waals surface area contributed by atoms with Gasteiger partial charge in [-0.2, -0.15) is 0 Å². The summed E-state index contributed by atoms with van der Waals surface area (Å²) in [4.78, 5) is 16.2. The Balaban J connectivity index is 2.07. The van der Waals surface area contributed by atoms with Crippen molar-refractivity contribution in [3.05, 3.63) is 59.4 Å². The summed E-state index contributed by atoms with van der Waals surface area (Å²) in [6.07, 6.45) is 1.94. The Bertz CT molecular complexity index is 666. The number of aromatic nitrogens is 1. The Morgan fingerprint density at radius 2 is 2.05 bits per heavy atom. The molecule has 0 atom stereocenters. The maximum Gasteiger partial charge on any atom is 0.274 e. The third-order valence-electron chi connectivity index (χ3n) is 2.95. The SMILES string of the molecule is Cc1cccnc1C(=O)Nc1ccc(CC(N)=NO)cc1. The molecule has 0 unspecified atom stereocenters. The van der Waals surface area contributed by atoms with Crippen LogP contribution >= 0.6 is 0 Å². The Hall–Kier alpha value is -2.89. The summed E-state index contributed by atoms with van der Waals surface area (Å²) >= 11 is 0. The number of nitrogens with one attached hydrogen (secondary N) is 1. The van der Waals surface area contributed by atoms with Gasteiger partial charge in [-0.05, 0) is 36.2 Å². The highest BCUT2D eigenvalue weighted by atomic mass is 16.4. The van der Waals surface area contributed by atoms with Gasteiger partial charge in [-0.3, -0.25) is 9.78 Å². The Morgan fingerprint density at radius 1 is 1.33 bits per heavy atom. The molecule has 6 nitrogen and oxygen atoms in total. The zero-order valence-electron chi connectivity index (χ0n) is 11.6. The topological polar surface area (TPSA) is 101 Å². The van der Waals surface area contributed by atoms with E-state index in [0.717, 1.165) is 11.1 Å². The molecule has 0 aliphatic rings. The van der Waals surface area contributed by atoms with Crippen molar-refractivity contribution in [1.82, 2.24) is 4.98 Å². The number of amidine groups is 1. The van der Waals surface area contributed by atoms with Crippen molar-refractivity contribution in [2.75, 3.05) is 5.32 Å². The second-order valence-electron chi connectivity index (χ2n) is 4.59. The van der Waals surface area contributed by atoms with Gasteiger partial charge in [0.2, 0.25) is 0 Å². The third-order valence-corrected chi connectivity index (χ3v) is 2.95. The molecular weight excluding hydrogens is 268 g/mol. The van der Waals surface area contributed by atoms with E-state index in [4.69, 9.17) is 10.9 Å². The van der Waals surface area contributed by atoms with E-state index >= 15 is 0 Å². The molecule has 0 spiro atoms. The summed E-state index contributed by atoms with van der Waals surface area (Å²) in [6.45, 7) is 1.84. The second-order valence-corrected chi connectivity index (χ2v) is 4.59. The maximum absolute atomic E-state index is 12.1. The normalized spacial score (nSPS) is 11.2. The second kappa shape index (κ2) is 6.51. The van der Waals surface area contributed by atoms with Crippen LogP contribution in [0.25, 0.3) is 0 Å². The number of benzene rings is 1. The Kier molecular flexibility index (Phi) is 4.50. The molecule has 2 aromatic rings. The number of amides is 1. The lowest BCUT2D eigenvalue weighted by molar-refractivity contribution is 0.102. The molecule has 1 heterocycles. The standard InChI is InChI=1S/C15H16N4O2/c1-10-3-2-8-17-14(10)15(20)18-12-6-4-11(5-7-12)9-13(16)19-21/h2-8,21H,9H2,1H3,(H2,16,19)(H,18,20). The molecule has 21 heavy (non-hydrogen) atoms. The van der Waals surface area contributed by atoms with E-state index < -0.39 is 0 Å². The number of hydrogen-bond acceptors (Lipinski definition) is 4. The van der Waals surface area contributed by atoms with Crippen molar-refractivity contribution in [3.8, 4) is 0 Å². The quantitative estimate of drug-likeness (QED) is 0.345. The zero-order chi connectivity index (χ0) is 15.2. The number of carbonyl (C=O) groups is 1. The maximum atomic E-state index is 12.1. The van der Waals surface area contributed by atoms with Crippen molar-refractivity contribution in [3.63, 3.8) is 0 Å². The van der Waals surface area contributed by atoms with Gasteiger partial charge in [0, 0.05) is 18.3 Å². The molecular formula is C15H16N4O2. The van der Waals surface area contributed by atoms with Crippen LogP contribution < -0.4 is 11.1 Å². The number of hydrogen-bond donors (Lipinski definition) is 3. The molecule has 108 valence electrons. The number of carbonyl (C=O) groups excluding carboxylic acids is 1. The highest BCUT2D eigenvalue weighted by Gasteiger charge is 2.10. The average Bonchev–Trinajstić information content (AvgIpc) is 2.49. The van der Waals surface area contributed by atoms with Gasteiger partial charge in [-0.1, -0.05) is 23.4 Å². The van der Waals surface area contributed by atoms with Crippen LogP contribution in [0.3, 0.4) is 0 Å². The van der Waals surface area contributed by atoms with E-state index in [0.29, 0.717) is 17.8 Å². The summed E-state index contributed by atoms with van der Waals surface area (Å²) < 4.78 is 0. The summed E-state index contributed by atoms with van der Waals surface area (Å²) in [7, 11) is 0. The first-order valence-electron chi connectivity index (χ1n) is 6.38. The number of rotatable bonds is 4. The fourth-order valence-electron chi connectivity index (χ4n) is 1.86. The lowest BCUT2D eigenvalue weighted by atomic mass is 10.1. The molecule has 0 bridgehead atoms. The minimum absolute atomic E-state index is 0.135. The molecule has 1 aromatic heterocycles. The number of aryl methyl sites for hydroxylation is 1. The number of oxime groups is 1. The number of nitrogens with zero attached hydrogens (tertiary/aromatic N) is 2. The van der Waals surface area contributed by atoms with Crippen molar-refractivity contribution in [1.29, 1.82) is 0 Å². The first kappa shape index (κ1) is 14.5. The fraction of sp³-hybridized carbons (Fsp3) is 0.133. The number of nitrogens with two attached hydrogens (primary N) is 1. The monoisotopic (exact) mass is 284 g/mol. The Labute approximate surface area is 122 Å². The van der Waals surface area contributed by atoms with E-state index in [9.17, 15) is 4.79 Å². The molecule has 0 saturated heterocycles. The molecule has 0 saturated carbocycles. The van der Waals surface area contributed by atoms with Crippen molar-refractivity contribution >= 4 is 17.4 Å². The Morgan fingerprint density at radius 3 is 2.67 bits per heavy atom. The lowest BCUT2D eigenvalue weighted by Gasteiger charge is -2.07. The fourth-order valence-corrected chi connectivity index (χ4v) is 1.86. The van der Waals surface area contributed by atoms with Crippen LogP contribution in [0, 0.1) is 6.92 Å². The van der Waals surface area contributed by atoms with Crippen LogP contribution in [-0.2, 0) is 6.42 Å². The van der Waals surface area contributed by atoms with E-state index in [1.54, 1.807) is 36.5 Å². The highest BCUT2D eigenvalue weighted by Crippen LogP contribution is 2.12. The largest absolute Gasteiger partial charge is 0.409 e. The van der Waals surface area contributed by atoms with E-state index in [1.807, 2.05) is 13.0 Å². The first-order valence-corrected chi connectivity index (χ1v) is 6.38. The van der Waals surface area contributed by atoms with Gasteiger partial charge in [-0.15, -0.1) is 0 Å². The third kappa shape index (κ3) is 3.79. The van der Waals surface area contributed by atoms with Gasteiger partial charge >= 0.3 is 0 Å². The molecule has 6 heteroatoms. The van der Waals surface area contributed by atoms with Gasteiger partial charge in [0.05, 0.1) is 0 Å². The predicted molar refractivity (Wildman–Crippen MR) is 80.5 cm³/mol. The van der Waals surface area contributed by atoms with Crippen LogP contribution in [0.5, 0.6) is 0 Å². The molecule has 1 amide bonds. The van der Waals surface area contributed by atoms with Crippen molar-refractivity contribution in [2.24, 2.45) is 10.9 Å². The lowest BCUT2D eigenvalue weighted by Crippen LogP contribution is -2.16. The molecule has 0 aliphatic carbocycles. The van der Waals surface area contributed by atoms with Gasteiger partial charge in [0.15, 0.2) is 0 Å². The minimum Gasteiger partial charge on any atom is -0.409 e. The van der Waals surface area contributed by atoms with Gasteiger partial charge in [0.1, 0.15) is 11.5 Å². The number of pyridine rings is 1. The van der Waals surface area contributed by atoms with E-state index in [1.165, 1.54) is 0 Å². The highest BCUT2D eigenvalue weighted by molar-refractivity contribution is 6.03. The zero-order valence-corrected chi connectivity index (χ0v) is 11.6. The predicted octanol–water partition coefficient (Wildman–Crippen LogP) is 1.93. The van der Waals surface area contributed by atoms with Crippen LogP contribution in [0.1, 0.15) is 21.6 Å². The van der Waals surface area contributed by atoms with E-state index in [-0.39, 0.29) is 11.7 Å². The van der Waals surface area contributed by atoms with Gasteiger partial charge < -0.3 is 16.3 Å². The molecule has 0 aliphatic heterocycles. The summed E-state index contributed by atoms with van der Waals surface area (Å²) in [5, 5.41) is 14.2. The number of anilines is 1. The minimum atomic E-state index is -0.253. The smallest absolute Gasteiger partial charge is 0.274 e. The molecule has 4 N–H and O–H groups in total. The van der Waals surface area contributed by atoms with Crippen LogP contribution in [0.15, 0.2) is 47.8 Å². The first-order chi connectivity index (χ1) is 10.1. The van der Waals surface area contributed by atoms with E-state index in [2.05, 4.69) is 15.5 Å².